The third-order valence-corrected chi connectivity index (χ3v) is 6.14. The van der Waals surface area contributed by atoms with Gasteiger partial charge in [0.1, 0.15) is 18.8 Å². The first kappa shape index (κ1) is 22.2. The first-order valence-electron chi connectivity index (χ1n) is 10.4. The molecule has 3 N–H and O–H groups in total. The van der Waals surface area contributed by atoms with Crippen molar-refractivity contribution < 1.29 is 19.2 Å². The summed E-state index contributed by atoms with van der Waals surface area (Å²) >= 11 is 1.54. The van der Waals surface area contributed by atoms with Gasteiger partial charge in [0.2, 0.25) is 0 Å². The average molecular weight is 429 g/mol. The zero-order chi connectivity index (χ0) is 21.3. The van der Waals surface area contributed by atoms with Gasteiger partial charge in [-0.1, -0.05) is 17.7 Å². The molecule has 1 aliphatic rings. The molecule has 0 bridgehead atoms. The van der Waals surface area contributed by atoms with Crippen molar-refractivity contribution in [1.29, 1.82) is 0 Å². The standard InChI is InChI=1S/C23H29N3O3S/c1-17-4-6-19(7-5-17)22(27)25-20(16-21-18(2)8-15-30-21)23(28)24-9-3-10-26-11-13-29-14-12-26/h4-8,15-16H,3,9-14H2,1-2H3,(H,24,28)(H,25,27)/p+1/b20-16-. The third-order valence-electron chi connectivity index (χ3n) is 5.18. The number of ether oxygens (including phenoxy) is 1. The number of benzene rings is 1. The van der Waals surface area contributed by atoms with Gasteiger partial charge in [-0.05, 0) is 49.1 Å². The largest absolute Gasteiger partial charge is 0.370 e. The van der Waals surface area contributed by atoms with Gasteiger partial charge in [-0.15, -0.1) is 11.3 Å². The van der Waals surface area contributed by atoms with Gasteiger partial charge in [0.15, 0.2) is 0 Å². The predicted octanol–water partition coefficient (Wildman–Crippen LogP) is 1.56. The Bertz CT molecular complexity index is 883. The van der Waals surface area contributed by atoms with Crippen LogP contribution in [0, 0.1) is 13.8 Å². The summed E-state index contributed by atoms with van der Waals surface area (Å²) < 4.78 is 5.38. The summed E-state index contributed by atoms with van der Waals surface area (Å²) in [6.45, 7) is 9.18. The van der Waals surface area contributed by atoms with Gasteiger partial charge in [-0.3, -0.25) is 9.59 Å². The van der Waals surface area contributed by atoms with Crippen molar-refractivity contribution in [2.24, 2.45) is 0 Å². The minimum Gasteiger partial charge on any atom is -0.370 e. The second-order valence-electron chi connectivity index (χ2n) is 7.57. The molecular formula is C23H30N3O3S+. The summed E-state index contributed by atoms with van der Waals surface area (Å²) in [5, 5.41) is 7.74. The molecule has 0 spiro atoms. The number of thiophene rings is 1. The predicted molar refractivity (Wildman–Crippen MR) is 120 cm³/mol. The fourth-order valence-corrected chi connectivity index (χ4v) is 4.13. The third kappa shape index (κ3) is 6.52. The van der Waals surface area contributed by atoms with Gasteiger partial charge in [0, 0.05) is 23.4 Å². The van der Waals surface area contributed by atoms with Crippen LogP contribution < -0.4 is 15.5 Å². The van der Waals surface area contributed by atoms with E-state index in [0.717, 1.165) is 55.3 Å². The quantitative estimate of drug-likeness (QED) is 0.441. The van der Waals surface area contributed by atoms with Gasteiger partial charge in [-0.2, -0.15) is 0 Å². The molecule has 6 nitrogen and oxygen atoms in total. The van der Waals surface area contributed by atoms with Crippen LogP contribution in [0.1, 0.15) is 32.8 Å². The molecule has 1 aromatic carbocycles. The van der Waals surface area contributed by atoms with Crippen LogP contribution in [-0.4, -0.2) is 51.2 Å². The number of aryl methyl sites for hydroxylation is 2. The molecule has 2 amide bonds. The van der Waals surface area contributed by atoms with Gasteiger partial charge >= 0.3 is 0 Å². The maximum Gasteiger partial charge on any atom is 0.267 e. The molecule has 0 radical (unpaired) electrons. The summed E-state index contributed by atoms with van der Waals surface area (Å²) in [5.74, 6) is -0.552. The van der Waals surface area contributed by atoms with Crippen molar-refractivity contribution in [3.63, 3.8) is 0 Å². The number of carbonyl (C=O) groups excluding carboxylic acids is 2. The number of morpholine rings is 1. The highest BCUT2D eigenvalue weighted by Gasteiger charge is 2.16. The Labute approximate surface area is 181 Å². The molecular weight excluding hydrogens is 398 g/mol. The van der Waals surface area contributed by atoms with Crippen molar-refractivity contribution in [1.82, 2.24) is 10.6 Å². The van der Waals surface area contributed by atoms with E-state index >= 15 is 0 Å². The number of hydrogen-bond donors (Lipinski definition) is 3. The van der Waals surface area contributed by atoms with Crippen molar-refractivity contribution in [2.75, 3.05) is 39.4 Å². The van der Waals surface area contributed by atoms with Crippen LogP contribution in [0.3, 0.4) is 0 Å². The monoisotopic (exact) mass is 428 g/mol. The molecule has 7 heteroatoms. The minimum absolute atomic E-state index is 0.264. The van der Waals surface area contributed by atoms with Crippen LogP contribution >= 0.6 is 11.3 Å². The van der Waals surface area contributed by atoms with Crippen LogP contribution in [-0.2, 0) is 9.53 Å². The molecule has 2 aromatic rings. The molecule has 1 aromatic heterocycles. The highest BCUT2D eigenvalue weighted by Crippen LogP contribution is 2.19. The Balaban J connectivity index is 1.62. The first-order valence-corrected chi connectivity index (χ1v) is 11.2. The molecule has 1 aliphatic heterocycles. The van der Waals surface area contributed by atoms with E-state index in [1.807, 2.05) is 37.4 Å². The van der Waals surface area contributed by atoms with Crippen molar-refractivity contribution in [2.45, 2.75) is 20.3 Å². The fraction of sp³-hybridized carbons (Fsp3) is 0.391. The number of hydrogen-bond acceptors (Lipinski definition) is 4. The van der Waals surface area contributed by atoms with Crippen LogP contribution in [0.25, 0.3) is 6.08 Å². The van der Waals surface area contributed by atoms with Gasteiger partial charge < -0.3 is 20.3 Å². The zero-order valence-electron chi connectivity index (χ0n) is 17.6. The first-order chi connectivity index (χ1) is 14.5. The molecule has 0 unspecified atom stereocenters. The lowest BCUT2D eigenvalue weighted by Crippen LogP contribution is -3.14. The highest BCUT2D eigenvalue weighted by atomic mass is 32.1. The van der Waals surface area contributed by atoms with E-state index in [0.29, 0.717) is 12.1 Å². The lowest BCUT2D eigenvalue weighted by molar-refractivity contribution is -0.908. The van der Waals surface area contributed by atoms with E-state index in [1.54, 1.807) is 29.5 Å². The van der Waals surface area contributed by atoms with E-state index in [-0.39, 0.29) is 17.5 Å². The lowest BCUT2D eigenvalue weighted by Gasteiger charge is -2.23. The molecule has 1 saturated heterocycles. The van der Waals surface area contributed by atoms with E-state index in [2.05, 4.69) is 10.6 Å². The Kier molecular flexibility index (Phi) is 8.19. The van der Waals surface area contributed by atoms with E-state index in [4.69, 9.17) is 4.74 Å². The molecule has 30 heavy (non-hydrogen) atoms. The second-order valence-corrected chi connectivity index (χ2v) is 8.52. The topological polar surface area (TPSA) is 71.9 Å². The number of carbonyl (C=O) groups is 2. The Morgan fingerprint density at radius 2 is 1.87 bits per heavy atom. The van der Waals surface area contributed by atoms with Crippen LogP contribution in [0.4, 0.5) is 0 Å². The fourth-order valence-electron chi connectivity index (χ4n) is 3.27. The second kappa shape index (κ2) is 11.1. The maximum atomic E-state index is 12.8. The number of quaternary nitrogens is 1. The van der Waals surface area contributed by atoms with E-state index in [1.165, 1.54) is 4.90 Å². The molecule has 0 atom stereocenters. The van der Waals surface area contributed by atoms with Crippen molar-refractivity contribution in [3.8, 4) is 0 Å². The molecule has 3 rings (SSSR count). The summed E-state index contributed by atoms with van der Waals surface area (Å²) in [7, 11) is 0. The molecule has 1 fully saturated rings. The molecule has 0 aliphatic carbocycles. The highest BCUT2D eigenvalue weighted by molar-refractivity contribution is 7.11. The van der Waals surface area contributed by atoms with Crippen molar-refractivity contribution >= 4 is 29.2 Å². The van der Waals surface area contributed by atoms with Crippen molar-refractivity contribution in [3.05, 3.63) is 63.0 Å². The normalized spacial score (nSPS) is 15.1. The molecule has 160 valence electrons. The molecule has 0 saturated carbocycles. The Morgan fingerprint density at radius 3 is 2.53 bits per heavy atom. The van der Waals surface area contributed by atoms with Gasteiger partial charge in [0.05, 0.1) is 19.8 Å². The summed E-state index contributed by atoms with van der Waals surface area (Å²) in [5.41, 5.74) is 2.95. The summed E-state index contributed by atoms with van der Waals surface area (Å²) in [4.78, 5) is 28.0. The number of nitrogens with one attached hydrogen (secondary N) is 3. The van der Waals surface area contributed by atoms with Gasteiger partial charge in [-0.25, -0.2) is 0 Å². The van der Waals surface area contributed by atoms with E-state index < -0.39 is 0 Å². The minimum atomic E-state index is -0.289. The summed E-state index contributed by atoms with van der Waals surface area (Å²) in [6, 6.07) is 9.30. The smallest absolute Gasteiger partial charge is 0.267 e. The zero-order valence-corrected chi connectivity index (χ0v) is 18.4. The Morgan fingerprint density at radius 1 is 1.13 bits per heavy atom. The van der Waals surface area contributed by atoms with E-state index in [9.17, 15) is 9.59 Å². The summed E-state index contributed by atoms with van der Waals surface area (Å²) in [6.07, 6.45) is 2.65. The molecule has 2 heterocycles. The Hall–Kier alpha value is -2.48. The van der Waals surface area contributed by atoms with Gasteiger partial charge in [0.25, 0.3) is 11.8 Å². The number of amides is 2. The van der Waals surface area contributed by atoms with Crippen LogP contribution in [0.15, 0.2) is 41.4 Å². The van der Waals surface area contributed by atoms with Crippen LogP contribution in [0.2, 0.25) is 0 Å². The lowest BCUT2D eigenvalue weighted by atomic mass is 10.1. The van der Waals surface area contributed by atoms with Crippen LogP contribution in [0.5, 0.6) is 0 Å². The SMILES string of the molecule is Cc1ccc(C(=O)N/C(=C\c2sccc2C)C(=O)NCCC[NH+]2CCOCC2)cc1. The maximum absolute atomic E-state index is 12.8. The number of rotatable bonds is 8. The average Bonchev–Trinajstić information content (AvgIpc) is 3.16.